The average molecular weight is 313 g/mol. The zero-order chi connectivity index (χ0) is 16.9. The maximum atomic E-state index is 10.00. The molecular weight excluding hydrogens is 286 g/mol. The molecule has 0 saturated carbocycles. The van der Waals surface area contributed by atoms with Crippen molar-refractivity contribution in [1.29, 1.82) is 0 Å². The molecular formula is C16H27NO5. The van der Waals surface area contributed by atoms with Crippen molar-refractivity contribution in [1.82, 2.24) is 0 Å². The summed E-state index contributed by atoms with van der Waals surface area (Å²) in [6.07, 6.45) is -5.89. The third-order valence-electron chi connectivity index (χ3n) is 3.76. The highest BCUT2D eigenvalue weighted by Crippen LogP contribution is 2.21. The van der Waals surface area contributed by atoms with E-state index in [1.807, 2.05) is 24.3 Å². The van der Waals surface area contributed by atoms with Crippen LogP contribution in [0.1, 0.15) is 25.3 Å². The third kappa shape index (κ3) is 4.93. The number of rotatable bonds is 8. The molecule has 0 radical (unpaired) electrons. The number of hydrogen-bond donors (Lipinski definition) is 5. The van der Waals surface area contributed by atoms with Crippen molar-refractivity contribution >= 4 is 5.69 Å². The molecule has 0 aliphatic carbocycles. The Bertz CT molecular complexity index is 454. The number of likely N-dealkylation sites (N-methyl/N-ethyl adjacent to an activating group) is 1. The SMILES string of the molecule is CC(C)c1cccc(N(C)C[C@H](O)[C@@H](O)[C@H](O)[C@H](O)CO)c1. The molecule has 0 aromatic heterocycles. The molecule has 1 aromatic rings. The van der Waals surface area contributed by atoms with Gasteiger partial charge in [0.1, 0.15) is 18.3 Å². The van der Waals surface area contributed by atoms with Crippen LogP contribution in [0.25, 0.3) is 0 Å². The fourth-order valence-electron chi connectivity index (χ4n) is 2.18. The third-order valence-corrected chi connectivity index (χ3v) is 3.76. The summed E-state index contributed by atoms with van der Waals surface area (Å²) in [6, 6.07) is 7.84. The van der Waals surface area contributed by atoms with Crippen LogP contribution in [0.4, 0.5) is 5.69 Å². The average Bonchev–Trinajstić information content (AvgIpc) is 2.52. The van der Waals surface area contributed by atoms with Gasteiger partial charge in [0, 0.05) is 19.3 Å². The Labute approximate surface area is 131 Å². The number of aliphatic hydroxyl groups is 5. The van der Waals surface area contributed by atoms with Crippen LogP contribution in [0.2, 0.25) is 0 Å². The summed E-state index contributed by atoms with van der Waals surface area (Å²) >= 11 is 0. The number of nitrogens with zero attached hydrogens (tertiary/aromatic N) is 1. The second kappa shape index (κ2) is 8.45. The molecule has 0 aliphatic heterocycles. The molecule has 0 fully saturated rings. The van der Waals surface area contributed by atoms with E-state index in [1.165, 1.54) is 0 Å². The van der Waals surface area contributed by atoms with E-state index >= 15 is 0 Å². The van der Waals surface area contributed by atoms with E-state index in [4.69, 9.17) is 5.11 Å². The molecule has 0 bridgehead atoms. The number of benzene rings is 1. The summed E-state index contributed by atoms with van der Waals surface area (Å²) < 4.78 is 0. The van der Waals surface area contributed by atoms with Crippen molar-refractivity contribution in [2.24, 2.45) is 0 Å². The lowest BCUT2D eigenvalue weighted by Crippen LogP contribution is -2.49. The summed E-state index contributed by atoms with van der Waals surface area (Å²) in [5.41, 5.74) is 2.05. The van der Waals surface area contributed by atoms with Crippen molar-refractivity contribution in [2.75, 3.05) is 25.1 Å². The minimum Gasteiger partial charge on any atom is -0.394 e. The number of hydrogen-bond acceptors (Lipinski definition) is 6. The van der Waals surface area contributed by atoms with Gasteiger partial charge < -0.3 is 30.4 Å². The quantitative estimate of drug-likeness (QED) is 0.451. The predicted molar refractivity (Wildman–Crippen MR) is 84.9 cm³/mol. The van der Waals surface area contributed by atoms with Gasteiger partial charge in [-0.2, -0.15) is 0 Å². The van der Waals surface area contributed by atoms with Crippen LogP contribution in [0.15, 0.2) is 24.3 Å². The molecule has 0 amide bonds. The van der Waals surface area contributed by atoms with E-state index in [2.05, 4.69) is 13.8 Å². The van der Waals surface area contributed by atoms with Gasteiger partial charge in [0.15, 0.2) is 0 Å². The van der Waals surface area contributed by atoms with Crippen LogP contribution in [0.3, 0.4) is 0 Å². The highest BCUT2D eigenvalue weighted by Gasteiger charge is 2.30. The lowest BCUT2D eigenvalue weighted by atomic mass is 10.0. The van der Waals surface area contributed by atoms with E-state index in [9.17, 15) is 20.4 Å². The normalized spacial score (nSPS) is 17.1. The maximum Gasteiger partial charge on any atom is 0.111 e. The van der Waals surface area contributed by atoms with Crippen molar-refractivity contribution in [3.8, 4) is 0 Å². The van der Waals surface area contributed by atoms with Gasteiger partial charge in [0.05, 0.1) is 12.7 Å². The van der Waals surface area contributed by atoms with Gasteiger partial charge in [-0.15, -0.1) is 0 Å². The second-order valence-corrected chi connectivity index (χ2v) is 5.93. The van der Waals surface area contributed by atoms with Crippen LogP contribution in [0, 0.1) is 0 Å². The number of aliphatic hydroxyl groups excluding tert-OH is 5. The van der Waals surface area contributed by atoms with E-state index in [1.54, 1.807) is 11.9 Å². The zero-order valence-corrected chi connectivity index (χ0v) is 13.3. The van der Waals surface area contributed by atoms with Crippen LogP contribution < -0.4 is 4.90 Å². The Balaban J connectivity index is 2.71. The molecule has 5 N–H and O–H groups in total. The maximum absolute atomic E-state index is 10.00. The fourth-order valence-corrected chi connectivity index (χ4v) is 2.18. The van der Waals surface area contributed by atoms with Gasteiger partial charge in [-0.3, -0.25) is 0 Å². The highest BCUT2D eigenvalue weighted by atomic mass is 16.4. The minimum absolute atomic E-state index is 0.0813. The zero-order valence-electron chi connectivity index (χ0n) is 13.3. The van der Waals surface area contributed by atoms with Crippen molar-refractivity contribution in [2.45, 2.75) is 44.2 Å². The summed E-state index contributed by atoms with van der Waals surface area (Å²) in [5, 5.41) is 47.5. The molecule has 1 aromatic carbocycles. The van der Waals surface area contributed by atoms with E-state index in [0.717, 1.165) is 11.3 Å². The lowest BCUT2D eigenvalue weighted by molar-refractivity contribution is -0.112. The molecule has 6 nitrogen and oxygen atoms in total. The molecule has 0 spiro atoms. The molecule has 4 atom stereocenters. The molecule has 126 valence electrons. The first-order valence-electron chi connectivity index (χ1n) is 7.42. The van der Waals surface area contributed by atoms with Crippen molar-refractivity contribution in [3.63, 3.8) is 0 Å². The molecule has 0 unspecified atom stereocenters. The Hall–Kier alpha value is -1.18. The molecule has 0 heterocycles. The first-order chi connectivity index (χ1) is 10.3. The molecule has 0 saturated heterocycles. The summed E-state index contributed by atoms with van der Waals surface area (Å²) in [7, 11) is 1.77. The first-order valence-corrected chi connectivity index (χ1v) is 7.42. The molecule has 22 heavy (non-hydrogen) atoms. The van der Waals surface area contributed by atoms with Crippen LogP contribution in [-0.4, -0.2) is 70.1 Å². The van der Waals surface area contributed by atoms with E-state index in [0.29, 0.717) is 5.92 Å². The van der Waals surface area contributed by atoms with E-state index < -0.39 is 31.0 Å². The van der Waals surface area contributed by atoms with Gasteiger partial charge in [0.2, 0.25) is 0 Å². The Morgan fingerprint density at radius 3 is 2.14 bits per heavy atom. The number of anilines is 1. The van der Waals surface area contributed by atoms with Crippen molar-refractivity contribution < 1.29 is 25.5 Å². The lowest BCUT2D eigenvalue weighted by Gasteiger charge is -2.29. The standard InChI is InChI=1S/C16H27NO5/c1-10(2)11-5-4-6-12(7-11)17(3)8-13(19)15(21)16(22)14(20)9-18/h4-7,10,13-16,18-22H,8-9H2,1-3H3/t13-,14+,15+,16+/m0/s1. The summed E-state index contributed by atoms with van der Waals surface area (Å²) in [4.78, 5) is 1.76. The Morgan fingerprint density at radius 1 is 1.00 bits per heavy atom. The van der Waals surface area contributed by atoms with Gasteiger partial charge in [-0.1, -0.05) is 26.0 Å². The molecule has 0 aliphatic rings. The van der Waals surface area contributed by atoms with Gasteiger partial charge >= 0.3 is 0 Å². The molecule has 1 rings (SSSR count). The van der Waals surface area contributed by atoms with Crippen molar-refractivity contribution in [3.05, 3.63) is 29.8 Å². The summed E-state index contributed by atoms with van der Waals surface area (Å²) in [5.74, 6) is 0.380. The fraction of sp³-hybridized carbons (Fsp3) is 0.625. The van der Waals surface area contributed by atoms with Gasteiger partial charge in [-0.25, -0.2) is 0 Å². The second-order valence-electron chi connectivity index (χ2n) is 5.93. The smallest absolute Gasteiger partial charge is 0.111 e. The minimum atomic E-state index is -1.60. The first kappa shape index (κ1) is 18.9. The van der Waals surface area contributed by atoms with E-state index in [-0.39, 0.29) is 6.54 Å². The Morgan fingerprint density at radius 2 is 1.59 bits per heavy atom. The van der Waals surface area contributed by atoms with Crippen LogP contribution >= 0.6 is 0 Å². The van der Waals surface area contributed by atoms with Gasteiger partial charge in [0.25, 0.3) is 0 Å². The van der Waals surface area contributed by atoms with Gasteiger partial charge in [-0.05, 0) is 23.6 Å². The predicted octanol–water partition coefficient (Wildman–Crippen LogP) is -0.318. The topological polar surface area (TPSA) is 104 Å². The van der Waals surface area contributed by atoms with Crippen LogP contribution in [-0.2, 0) is 0 Å². The Kier molecular flexibility index (Phi) is 7.25. The highest BCUT2D eigenvalue weighted by molar-refractivity contribution is 5.48. The largest absolute Gasteiger partial charge is 0.394 e. The molecule has 6 heteroatoms. The van der Waals surface area contributed by atoms with Crippen LogP contribution in [0.5, 0.6) is 0 Å². The monoisotopic (exact) mass is 313 g/mol. The summed E-state index contributed by atoms with van der Waals surface area (Å²) in [6.45, 7) is 3.57.